The van der Waals surface area contributed by atoms with Gasteiger partial charge in [-0.15, -0.1) is 11.8 Å². The molecule has 1 rings (SSSR count). The fourth-order valence-electron chi connectivity index (χ4n) is 1.42. The first-order chi connectivity index (χ1) is 6.83. The van der Waals surface area contributed by atoms with Gasteiger partial charge < -0.3 is 10.6 Å². The minimum absolute atomic E-state index is 0.0397. The number of hydrogen-bond acceptors (Lipinski definition) is 3. The number of piperidine rings is 1. The van der Waals surface area contributed by atoms with Crippen molar-refractivity contribution in [3.63, 3.8) is 0 Å². The monoisotopic (exact) mass is 214 g/mol. The van der Waals surface area contributed by atoms with Gasteiger partial charge in [0, 0.05) is 12.1 Å². The molecule has 0 aromatic heterocycles. The fourth-order valence-corrected chi connectivity index (χ4v) is 1.83. The Labute approximate surface area is 89.7 Å². The van der Waals surface area contributed by atoms with Crippen LogP contribution in [0.3, 0.4) is 0 Å². The third kappa shape index (κ3) is 4.67. The van der Waals surface area contributed by atoms with Crippen LogP contribution in [-0.4, -0.2) is 30.8 Å². The van der Waals surface area contributed by atoms with Gasteiger partial charge in [-0.3, -0.25) is 4.79 Å². The maximum atomic E-state index is 11.4. The van der Waals surface area contributed by atoms with E-state index in [0.717, 1.165) is 31.7 Å². The van der Waals surface area contributed by atoms with Crippen LogP contribution in [0, 0.1) is 0 Å². The highest BCUT2D eigenvalue weighted by Crippen LogP contribution is 2.03. The lowest BCUT2D eigenvalue weighted by Crippen LogP contribution is -2.42. The van der Waals surface area contributed by atoms with E-state index in [2.05, 4.69) is 17.6 Å². The molecule has 0 saturated carbocycles. The second-order valence-corrected chi connectivity index (χ2v) is 4.47. The maximum Gasteiger partial charge on any atom is 0.244 e. The Morgan fingerprint density at radius 2 is 2.29 bits per heavy atom. The molecule has 4 heteroatoms. The largest absolute Gasteiger partial charge is 0.350 e. The van der Waals surface area contributed by atoms with E-state index in [1.807, 2.05) is 5.41 Å². The van der Waals surface area contributed by atoms with Crippen LogP contribution < -0.4 is 10.6 Å². The summed E-state index contributed by atoms with van der Waals surface area (Å²) in [6.45, 7) is 4.09. The molecule has 1 heterocycles. The summed E-state index contributed by atoms with van der Waals surface area (Å²) in [5.74, 6) is 1.05. The number of hydrogen-bond donors (Lipinski definition) is 2. The predicted molar refractivity (Wildman–Crippen MR) is 61.3 cm³/mol. The summed E-state index contributed by atoms with van der Waals surface area (Å²) >= 11 is 1.64. The number of carbonyl (C=O) groups excluding carboxylic acids is 1. The summed E-state index contributed by atoms with van der Waals surface area (Å²) in [5.41, 5.74) is 0. The molecular weight excluding hydrogens is 196 g/mol. The number of thioether (sulfide) groups is 1. The molecule has 1 amide bonds. The van der Waals surface area contributed by atoms with E-state index in [9.17, 15) is 4.79 Å². The van der Waals surface area contributed by atoms with Crippen molar-refractivity contribution >= 4 is 17.7 Å². The number of carbonyl (C=O) groups is 1. The molecule has 80 valence electrons. The summed E-state index contributed by atoms with van der Waals surface area (Å²) in [6.07, 6.45) is 3.71. The molecule has 0 bridgehead atoms. The number of amides is 1. The van der Waals surface area contributed by atoms with E-state index < -0.39 is 0 Å². The first-order valence-corrected chi connectivity index (χ1v) is 6.17. The molecule has 1 fully saturated rings. The second kappa shape index (κ2) is 6.90. The summed E-state index contributed by atoms with van der Waals surface area (Å²) in [6, 6.07) is 0.361. The van der Waals surface area contributed by atoms with Crippen molar-refractivity contribution in [2.24, 2.45) is 0 Å². The Hall–Kier alpha value is -0.480. The lowest BCUT2D eigenvalue weighted by Gasteiger charge is -2.22. The molecule has 1 aliphatic rings. The standard InChI is InChI=1S/C10H18N2OS/c1-2-14-8-5-10(13)12-9-3-6-11-7-4-9/h5,8-9,11H,2-4,6-7H2,1H3,(H,12,13)/b8-5+. The molecule has 0 aliphatic carbocycles. The summed E-state index contributed by atoms with van der Waals surface area (Å²) in [4.78, 5) is 11.4. The normalized spacial score (nSPS) is 18.6. The van der Waals surface area contributed by atoms with Crippen molar-refractivity contribution < 1.29 is 4.79 Å². The third-order valence-corrected chi connectivity index (χ3v) is 2.83. The Morgan fingerprint density at radius 1 is 1.57 bits per heavy atom. The number of nitrogens with one attached hydrogen (secondary N) is 2. The minimum atomic E-state index is 0.0397. The SMILES string of the molecule is CCS/C=C/C(=O)NC1CCNCC1. The topological polar surface area (TPSA) is 41.1 Å². The zero-order valence-electron chi connectivity index (χ0n) is 8.58. The van der Waals surface area contributed by atoms with Gasteiger partial charge in [-0.2, -0.15) is 0 Å². The quantitative estimate of drug-likeness (QED) is 0.689. The van der Waals surface area contributed by atoms with Gasteiger partial charge in [0.2, 0.25) is 5.91 Å². The highest BCUT2D eigenvalue weighted by atomic mass is 32.2. The van der Waals surface area contributed by atoms with E-state index in [0.29, 0.717) is 6.04 Å². The van der Waals surface area contributed by atoms with Crippen molar-refractivity contribution in [1.82, 2.24) is 10.6 Å². The number of rotatable bonds is 4. The van der Waals surface area contributed by atoms with Crippen molar-refractivity contribution in [2.45, 2.75) is 25.8 Å². The van der Waals surface area contributed by atoms with Crippen LogP contribution in [0.15, 0.2) is 11.5 Å². The molecular formula is C10H18N2OS. The zero-order valence-corrected chi connectivity index (χ0v) is 9.40. The van der Waals surface area contributed by atoms with Crippen molar-refractivity contribution in [1.29, 1.82) is 0 Å². The van der Waals surface area contributed by atoms with E-state index in [4.69, 9.17) is 0 Å². The van der Waals surface area contributed by atoms with Gasteiger partial charge in [0.15, 0.2) is 0 Å². The van der Waals surface area contributed by atoms with Gasteiger partial charge in [-0.1, -0.05) is 6.92 Å². The Morgan fingerprint density at radius 3 is 2.93 bits per heavy atom. The van der Waals surface area contributed by atoms with Gasteiger partial charge in [0.25, 0.3) is 0 Å². The predicted octanol–water partition coefficient (Wildman–Crippen LogP) is 1.12. The fraction of sp³-hybridized carbons (Fsp3) is 0.700. The molecule has 1 aliphatic heterocycles. The zero-order chi connectivity index (χ0) is 10.2. The van der Waals surface area contributed by atoms with Gasteiger partial charge >= 0.3 is 0 Å². The van der Waals surface area contributed by atoms with E-state index in [-0.39, 0.29) is 5.91 Å². The average Bonchev–Trinajstić information content (AvgIpc) is 2.20. The summed E-state index contributed by atoms with van der Waals surface area (Å²) < 4.78 is 0. The van der Waals surface area contributed by atoms with Crippen LogP contribution >= 0.6 is 11.8 Å². The van der Waals surface area contributed by atoms with Crippen molar-refractivity contribution in [2.75, 3.05) is 18.8 Å². The lowest BCUT2D eigenvalue weighted by atomic mass is 10.1. The first kappa shape index (κ1) is 11.6. The Kier molecular flexibility index (Phi) is 5.71. The van der Waals surface area contributed by atoms with Gasteiger partial charge in [0.05, 0.1) is 0 Å². The van der Waals surface area contributed by atoms with Crippen LogP contribution in [0.25, 0.3) is 0 Å². The Balaban J connectivity index is 2.18. The van der Waals surface area contributed by atoms with Crippen LogP contribution in [-0.2, 0) is 4.79 Å². The molecule has 0 radical (unpaired) electrons. The van der Waals surface area contributed by atoms with Crippen molar-refractivity contribution in [3.05, 3.63) is 11.5 Å². The molecule has 0 atom stereocenters. The molecule has 0 unspecified atom stereocenters. The maximum absolute atomic E-state index is 11.4. The van der Waals surface area contributed by atoms with Crippen LogP contribution in [0.1, 0.15) is 19.8 Å². The van der Waals surface area contributed by atoms with Gasteiger partial charge in [0.1, 0.15) is 0 Å². The highest BCUT2D eigenvalue weighted by molar-refractivity contribution is 8.02. The molecule has 14 heavy (non-hydrogen) atoms. The van der Waals surface area contributed by atoms with E-state index in [1.165, 1.54) is 0 Å². The van der Waals surface area contributed by atoms with Gasteiger partial charge in [-0.25, -0.2) is 0 Å². The molecule has 0 aromatic rings. The smallest absolute Gasteiger partial charge is 0.244 e. The van der Waals surface area contributed by atoms with Gasteiger partial charge in [-0.05, 0) is 37.1 Å². The molecule has 2 N–H and O–H groups in total. The minimum Gasteiger partial charge on any atom is -0.350 e. The average molecular weight is 214 g/mol. The van der Waals surface area contributed by atoms with Crippen LogP contribution in [0.4, 0.5) is 0 Å². The van der Waals surface area contributed by atoms with Crippen LogP contribution in [0.2, 0.25) is 0 Å². The summed E-state index contributed by atoms with van der Waals surface area (Å²) in [7, 11) is 0. The van der Waals surface area contributed by atoms with Crippen LogP contribution in [0.5, 0.6) is 0 Å². The molecule has 0 aromatic carbocycles. The second-order valence-electron chi connectivity index (χ2n) is 3.29. The lowest BCUT2D eigenvalue weighted by molar-refractivity contribution is -0.117. The molecule has 1 saturated heterocycles. The molecule has 3 nitrogen and oxygen atoms in total. The molecule has 0 spiro atoms. The van der Waals surface area contributed by atoms with E-state index in [1.54, 1.807) is 17.8 Å². The van der Waals surface area contributed by atoms with E-state index >= 15 is 0 Å². The first-order valence-electron chi connectivity index (χ1n) is 5.12. The Bertz CT molecular complexity index is 200. The summed E-state index contributed by atoms with van der Waals surface area (Å²) in [5, 5.41) is 8.12. The third-order valence-electron chi connectivity index (χ3n) is 2.17. The highest BCUT2D eigenvalue weighted by Gasteiger charge is 2.13. The van der Waals surface area contributed by atoms with Crippen molar-refractivity contribution in [3.8, 4) is 0 Å².